The summed E-state index contributed by atoms with van der Waals surface area (Å²) >= 11 is 13.1. The monoisotopic (exact) mass is 420 g/mol. The van der Waals surface area contributed by atoms with E-state index in [0.29, 0.717) is 5.02 Å². The van der Waals surface area contributed by atoms with Gasteiger partial charge >= 0.3 is 0 Å². The first-order valence-electron chi connectivity index (χ1n) is 6.09. The minimum absolute atomic E-state index is 0.195. The molecule has 0 spiro atoms. The van der Waals surface area contributed by atoms with E-state index in [1.54, 1.807) is 6.20 Å². The number of nitrogens with one attached hydrogen (secondary N) is 1. The highest BCUT2D eigenvalue weighted by molar-refractivity contribution is 9.10. The van der Waals surface area contributed by atoms with Crippen molar-refractivity contribution in [2.45, 2.75) is 25.9 Å². The zero-order valence-corrected chi connectivity index (χ0v) is 15.0. The summed E-state index contributed by atoms with van der Waals surface area (Å²) in [5.74, 6) is 5.76. The number of aromatic nitrogens is 2. The Morgan fingerprint density at radius 3 is 2.55 bits per heavy atom. The second-order valence-corrected chi connectivity index (χ2v) is 6.81. The van der Waals surface area contributed by atoms with Gasteiger partial charge in [0.2, 0.25) is 0 Å². The number of halogens is 3. The highest BCUT2D eigenvalue weighted by Crippen LogP contribution is 2.33. The van der Waals surface area contributed by atoms with E-state index in [-0.39, 0.29) is 12.1 Å². The van der Waals surface area contributed by atoms with Crippen LogP contribution >= 0.6 is 43.5 Å². The molecule has 1 aromatic heterocycles. The Kier molecular flexibility index (Phi) is 5.25. The number of hydrogen-bond donors (Lipinski definition) is 2. The van der Waals surface area contributed by atoms with Gasteiger partial charge in [0.25, 0.3) is 0 Å². The molecule has 3 N–H and O–H groups in total. The molecule has 2 rings (SSSR count). The highest BCUT2D eigenvalue weighted by atomic mass is 79.9. The lowest BCUT2D eigenvalue weighted by atomic mass is 10.0. The van der Waals surface area contributed by atoms with Crippen LogP contribution < -0.4 is 11.3 Å². The molecule has 0 bridgehead atoms. The van der Waals surface area contributed by atoms with Gasteiger partial charge in [-0.1, -0.05) is 17.7 Å². The molecule has 1 aromatic carbocycles. The number of hydrogen-bond acceptors (Lipinski definition) is 3. The van der Waals surface area contributed by atoms with Crippen LogP contribution in [-0.4, -0.2) is 9.78 Å². The molecule has 2 aromatic rings. The summed E-state index contributed by atoms with van der Waals surface area (Å²) in [6.07, 6.45) is 1.78. The number of hydrazine groups is 1. The van der Waals surface area contributed by atoms with Crippen molar-refractivity contribution >= 4 is 43.5 Å². The summed E-state index contributed by atoms with van der Waals surface area (Å²) < 4.78 is 3.70. The average molecular weight is 423 g/mol. The van der Waals surface area contributed by atoms with Crippen molar-refractivity contribution in [3.63, 3.8) is 0 Å². The van der Waals surface area contributed by atoms with Crippen LogP contribution in [0.3, 0.4) is 0 Å². The summed E-state index contributed by atoms with van der Waals surface area (Å²) in [4.78, 5) is 0. The molecule has 1 atom stereocenters. The number of rotatable bonds is 4. The predicted molar refractivity (Wildman–Crippen MR) is 88.6 cm³/mol. The van der Waals surface area contributed by atoms with Gasteiger partial charge in [0.15, 0.2) is 0 Å². The van der Waals surface area contributed by atoms with E-state index in [0.717, 1.165) is 20.2 Å². The first-order valence-corrected chi connectivity index (χ1v) is 8.06. The zero-order chi connectivity index (χ0) is 14.9. The SMILES string of the molecule is CC(C)n1ncc(Br)c1C(NN)c1ccc(Br)c(Cl)c1. The lowest BCUT2D eigenvalue weighted by molar-refractivity contribution is 0.475. The molecule has 0 amide bonds. The Balaban J connectivity index is 2.52. The molecule has 1 heterocycles. The molecule has 0 aliphatic heterocycles. The standard InChI is InChI=1S/C13H15Br2ClN4/c1-7(2)20-13(10(15)6-18-20)12(19-17)8-3-4-9(14)11(16)5-8/h3-7,12,19H,17H2,1-2H3. The lowest BCUT2D eigenvalue weighted by Crippen LogP contribution is -2.31. The fraction of sp³-hybridized carbons (Fsp3) is 0.308. The summed E-state index contributed by atoms with van der Waals surface area (Å²) in [5, 5.41) is 5.03. The van der Waals surface area contributed by atoms with Crippen molar-refractivity contribution in [1.29, 1.82) is 0 Å². The molecule has 0 aliphatic carbocycles. The Bertz CT molecular complexity index is 612. The molecular weight excluding hydrogens is 407 g/mol. The van der Waals surface area contributed by atoms with Gasteiger partial charge in [-0.3, -0.25) is 10.5 Å². The summed E-state index contributed by atoms with van der Waals surface area (Å²) in [6.45, 7) is 4.15. The molecule has 0 aliphatic rings. The minimum Gasteiger partial charge on any atom is -0.271 e. The highest BCUT2D eigenvalue weighted by Gasteiger charge is 2.22. The lowest BCUT2D eigenvalue weighted by Gasteiger charge is -2.21. The Hall–Kier alpha value is -0.400. The summed E-state index contributed by atoms with van der Waals surface area (Å²) in [7, 11) is 0. The molecule has 4 nitrogen and oxygen atoms in total. The van der Waals surface area contributed by atoms with E-state index >= 15 is 0 Å². The second-order valence-electron chi connectivity index (χ2n) is 4.69. The van der Waals surface area contributed by atoms with Crippen molar-refractivity contribution in [3.05, 3.63) is 49.6 Å². The molecule has 20 heavy (non-hydrogen) atoms. The second kappa shape index (κ2) is 6.58. The normalized spacial score (nSPS) is 12.9. The number of benzene rings is 1. The van der Waals surface area contributed by atoms with Gasteiger partial charge in [-0.05, 0) is 63.4 Å². The van der Waals surface area contributed by atoms with Crippen molar-refractivity contribution in [1.82, 2.24) is 15.2 Å². The van der Waals surface area contributed by atoms with Crippen LogP contribution in [-0.2, 0) is 0 Å². The Morgan fingerprint density at radius 2 is 2.00 bits per heavy atom. The van der Waals surface area contributed by atoms with Gasteiger partial charge in [-0.25, -0.2) is 5.43 Å². The maximum absolute atomic E-state index is 6.17. The molecule has 108 valence electrons. The van der Waals surface area contributed by atoms with Gasteiger partial charge in [-0.15, -0.1) is 0 Å². The number of nitrogens with zero attached hydrogens (tertiary/aromatic N) is 2. The van der Waals surface area contributed by atoms with Crippen LogP contribution in [0.15, 0.2) is 33.3 Å². The van der Waals surface area contributed by atoms with Crippen LogP contribution in [0, 0.1) is 0 Å². The minimum atomic E-state index is -0.195. The van der Waals surface area contributed by atoms with Crippen molar-refractivity contribution in [3.8, 4) is 0 Å². The molecule has 0 saturated heterocycles. The van der Waals surface area contributed by atoms with E-state index < -0.39 is 0 Å². The topological polar surface area (TPSA) is 55.9 Å². The third-order valence-corrected chi connectivity index (χ3v) is 4.84. The first-order chi connectivity index (χ1) is 9.45. The van der Waals surface area contributed by atoms with E-state index in [1.165, 1.54) is 0 Å². The largest absolute Gasteiger partial charge is 0.271 e. The average Bonchev–Trinajstić information content (AvgIpc) is 2.77. The first kappa shape index (κ1) is 16.0. The fourth-order valence-electron chi connectivity index (χ4n) is 2.06. The van der Waals surface area contributed by atoms with Gasteiger partial charge in [-0.2, -0.15) is 5.10 Å². The van der Waals surface area contributed by atoms with Crippen LogP contribution in [0.4, 0.5) is 0 Å². The van der Waals surface area contributed by atoms with E-state index in [9.17, 15) is 0 Å². The van der Waals surface area contributed by atoms with Crippen LogP contribution in [0.1, 0.15) is 37.2 Å². The Morgan fingerprint density at radius 1 is 1.30 bits per heavy atom. The molecule has 7 heteroatoms. The fourth-order valence-corrected chi connectivity index (χ4v) is 3.00. The predicted octanol–water partition coefficient (Wildman–Crippen LogP) is 4.20. The Labute approximate surface area is 139 Å². The van der Waals surface area contributed by atoms with Gasteiger partial charge in [0, 0.05) is 10.5 Å². The van der Waals surface area contributed by atoms with Gasteiger partial charge in [0.05, 0.1) is 27.4 Å². The van der Waals surface area contributed by atoms with E-state index in [2.05, 4.69) is 56.2 Å². The molecule has 1 unspecified atom stereocenters. The molecule has 0 saturated carbocycles. The van der Waals surface area contributed by atoms with Crippen LogP contribution in [0.2, 0.25) is 5.02 Å². The number of nitrogens with two attached hydrogens (primary N) is 1. The van der Waals surface area contributed by atoms with Crippen molar-refractivity contribution in [2.24, 2.45) is 5.84 Å². The summed E-state index contributed by atoms with van der Waals surface area (Å²) in [5.41, 5.74) is 4.79. The molecular formula is C13H15Br2ClN4. The van der Waals surface area contributed by atoms with Crippen molar-refractivity contribution < 1.29 is 0 Å². The summed E-state index contributed by atoms with van der Waals surface area (Å²) in [6, 6.07) is 5.81. The van der Waals surface area contributed by atoms with E-state index in [1.807, 2.05) is 22.9 Å². The van der Waals surface area contributed by atoms with Gasteiger partial charge < -0.3 is 0 Å². The van der Waals surface area contributed by atoms with Crippen LogP contribution in [0.5, 0.6) is 0 Å². The smallest absolute Gasteiger partial charge is 0.0890 e. The van der Waals surface area contributed by atoms with Crippen molar-refractivity contribution in [2.75, 3.05) is 0 Å². The molecule has 0 fully saturated rings. The third-order valence-electron chi connectivity index (χ3n) is 2.99. The van der Waals surface area contributed by atoms with Crippen LogP contribution in [0.25, 0.3) is 0 Å². The maximum Gasteiger partial charge on any atom is 0.0890 e. The van der Waals surface area contributed by atoms with E-state index in [4.69, 9.17) is 17.4 Å². The third kappa shape index (κ3) is 3.09. The quantitative estimate of drug-likeness (QED) is 0.574. The zero-order valence-electron chi connectivity index (χ0n) is 11.1. The van der Waals surface area contributed by atoms with Gasteiger partial charge in [0.1, 0.15) is 0 Å². The maximum atomic E-state index is 6.17. The molecule has 0 radical (unpaired) electrons.